The molecule has 132 valence electrons. The predicted molar refractivity (Wildman–Crippen MR) is 110 cm³/mol. The second-order valence-electron chi connectivity index (χ2n) is 5.32. The number of nitrogens with one attached hydrogen (secondary N) is 2. The maximum absolute atomic E-state index is 5.33. The Labute approximate surface area is 157 Å². The molecule has 0 aliphatic rings. The number of nitrogens with zero attached hydrogens (tertiary/aromatic N) is 2. The lowest BCUT2D eigenvalue weighted by Crippen LogP contribution is -2.39. The summed E-state index contributed by atoms with van der Waals surface area (Å²) < 4.78 is 5.33. The van der Waals surface area contributed by atoms with Crippen LogP contribution in [-0.4, -0.2) is 46.4 Å². The van der Waals surface area contributed by atoms with Gasteiger partial charge in [-0.3, -0.25) is 0 Å². The van der Waals surface area contributed by atoms with Crippen molar-refractivity contribution in [1.29, 1.82) is 0 Å². The van der Waals surface area contributed by atoms with Crippen molar-refractivity contribution in [1.82, 2.24) is 10.6 Å². The molecule has 0 amide bonds. The quantitative estimate of drug-likeness (QED) is 0.286. The average molecular weight is 434 g/mol. The number of anilines is 1. The molecule has 0 radical (unpaired) electrons. The molecule has 1 aromatic carbocycles. The molecule has 23 heavy (non-hydrogen) atoms. The van der Waals surface area contributed by atoms with Crippen LogP contribution in [0.4, 0.5) is 5.69 Å². The van der Waals surface area contributed by atoms with Gasteiger partial charge < -0.3 is 20.3 Å². The van der Waals surface area contributed by atoms with E-state index < -0.39 is 0 Å². The Kier molecular flexibility index (Phi) is 11.9. The Morgan fingerprint density at radius 1 is 1.22 bits per heavy atom. The molecule has 0 bridgehead atoms. The molecule has 0 fully saturated rings. The Morgan fingerprint density at radius 3 is 2.52 bits per heavy atom. The Bertz CT molecular complexity index is 478. The van der Waals surface area contributed by atoms with Gasteiger partial charge in [0.1, 0.15) is 0 Å². The fourth-order valence-corrected chi connectivity index (χ4v) is 2.03. The molecule has 0 aliphatic carbocycles. The summed E-state index contributed by atoms with van der Waals surface area (Å²) in [6.07, 6.45) is 0. The van der Waals surface area contributed by atoms with Crippen molar-refractivity contribution in [2.24, 2.45) is 4.99 Å². The Balaban J connectivity index is 0.00000484. The molecule has 0 saturated carbocycles. The first-order valence-corrected chi connectivity index (χ1v) is 7.95. The van der Waals surface area contributed by atoms with E-state index in [0.717, 1.165) is 25.7 Å². The van der Waals surface area contributed by atoms with Crippen molar-refractivity contribution < 1.29 is 4.74 Å². The number of hydrogen-bond acceptors (Lipinski definition) is 3. The summed E-state index contributed by atoms with van der Waals surface area (Å²) in [7, 11) is 4.11. The normalized spacial score (nSPS) is 10.9. The van der Waals surface area contributed by atoms with Crippen LogP contribution in [0.1, 0.15) is 25.0 Å². The van der Waals surface area contributed by atoms with Crippen LogP contribution in [-0.2, 0) is 11.3 Å². The van der Waals surface area contributed by atoms with Crippen LogP contribution in [0.2, 0.25) is 0 Å². The molecule has 0 atom stereocenters. The third kappa shape index (κ3) is 8.41. The molecule has 2 N–H and O–H groups in total. The molecule has 1 rings (SSSR count). The third-order valence-electron chi connectivity index (χ3n) is 3.34. The molecule has 5 nitrogen and oxygen atoms in total. The van der Waals surface area contributed by atoms with Gasteiger partial charge in [0.05, 0.1) is 13.2 Å². The minimum absolute atomic E-state index is 0. The topological polar surface area (TPSA) is 48.9 Å². The summed E-state index contributed by atoms with van der Waals surface area (Å²) in [5, 5.41) is 6.53. The molecule has 0 aromatic heterocycles. The second-order valence-corrected chi connectivity index (χ2v) is 5.32. The fraction of sp³-hybridized carbons (Fsp3) is 0.588. The largest absolute Gasteiger partial charge is 0.380 e. The van der Waals surface area contributed by atoms with Crippen LogP contribution in [0.15, 0.2) is 23.2 Å². The van der Waals surface area contributed by atoms with Crippen LogP contribution >= 0.6 is 24.0 Å². The van der Waals surface area contributed by atoms with Gasteiger partial charge in [-0.15, -0.1) is 24.0 Å². The predicted octanol–water partition coefficient (Wildman–Crippen LogP) is 2.77. The minimum Gasteiger partial charge on any atom is -0.380 e. The van der Waals surface area contributed by atoms with Gasteiger partial charge in [0, 0.05) is 39.5 Å². The number of rotatable bonds is 8. The zero-order chi connectivity index (χ0) is 16.4. The lowest BCUT2D eigenvalue weighted by atomic mass is 10.1. The molecular weight excluding hydrogens is 403 g/mol. The van der Waals surface area contributed by atoms with Gasteiger partial charge in [-0.1, -0.05) is 6.07 Å². The molecule has 6 heteroatoms. The number of guanidine groups is 1. The molecular formula is C17H31IN4O. The van der Waals surface area contributed by atoms with Crippen molar-refractivity contribution in [2.45, 2.75) is 27.3 Å². The van der Waals surface area contributed by atoms with Crippen LogP contribution in [0.25, 0.3) is 0 Å². The van der Waals surface area contributed by atoms with E-state index >= 15 is 0 Å². The van der Waals surface area contributed by atoms with Gasteiger partial charge in [0.2, 0.25) is 0 Å². The second kappa shape index (κ2) is 12.4. The minimum atomic E-state index is 0. The first-order valence-electron chi connectivity index (χ1n) is 7.95. The highest BCUT2D eigenvalue weighted by Gasteiger charge is 2.02. The van der Waals surface area contributed by atoms with Gasteiger partial charge in [-0.25, -0.2) is 4.99 Å². The van der Waals surface area contributed by atoms with Crippen molar-refractivity contribution >= 4 is 35.6 Å². The van der Waals surface area contributed by atoms with E-state index in [-0.39, 0.29) is 24.0 Å². The number of aryl methyl sites for hydroxylation is 1. The number of ether oxygens (including phenoxy) is 1. The monoisotopic (exact) mass is 434 g/mol. The van der Waals surface area contributed by atoms with E-state index in [2.05, 4.69) is 66.7 Å². The van der Waals surface area contributed by atoms with Crippen LogP contribution in [0, 0.1) is 6.92 Å². The molecule has 0 heterocycles. The highest BCUT2D eigenvalue weighted by molar-refractivity contribution is 14.0. The summed E-state index contributed by atoms with van der Waals surface area (Å²) in [5.41, 5.74) is 3.72. The lowest BCUT2D eigenvalue weighted by molar-refractivity contribution is 0.152. The zero-order valence-electron chi connectivity index (χ0n) is 15.0. The molecule has 1 aromatic rings. The smallest absolute Gasteiger partial charge is 0.191 e. The number of benzene rings is 1. The Hall–Kier alpha value is -1.02. The lowest BCUT2D eigenvalue weighted by Gasteiger charge is -2.15. The highest BCUT2D eigenvalue weighted by Crippen LogP contribution is 2.17. The molecule has 0 spiro atoms. The summed E-state index contributed by atoms with van der Waals surface area (Å²) in [6, 6.07) is 6.48. The highest BCUT2D eigenvalue weighted by atomic mass is 127. The Morgan fingerprint density at radius 2 is 1.96 bits per heavy atom. The van der Waals surface area contributed by atoms with Crippen LogP contribution in [0.5, 0.6) is 0 Å². The molecule has 0 saturated heterocycles. The number of halogens is 1. The van der Waals surface area contributed by atoms with Crippen molar-refractivity contribution in [3.8, 4) is 0 Å². The summed E-state index contributed by atoms with van der Waals surface area (Å²) in [6.45, 7) is 9.91. The van der Waals surface area contributed by atoms with Gasteiger partial charge >= 0.3 is 0 Å². The van der Waals surface area contributed by atoms with Gasteiger partial charge in [0.25, 0.3) is 0 Å². The van der Waals surface area contributed by atoms with E-state index in [4.69, 9.17) is 4.74 Å². The first kappa shape index (κ1) is 22.0. The first-order chi connectivity index (χ1) is 10.6. The summed E-state index contributed by atoms with van der Waals surface area (Å²) >= 11 is 0. The van der Waals surface area contributed by atoms with Crippen LogP contribution in [0.3, 0.4) is 0 Å². The van der Waals surface area contributed by atoms with Crippen molar-refractivity contribution in [2.75, 3.05) is 45.3 Å². The van der Waals surface area contributed by atoms with Gasteiger partial charge in [0.15, 0.2) is 5.96 Å². The van der Waals surface area contributed by atoms with E-state index in [9.17, 15) is 0 Å². The summed E-state index contributed by atoms with van der Waals surface area (Å²) in [5.74, 6) is 0.832. The standard InChI is InChI=1S/C17H30N4O.HI/c1-6-18-17(19-10-11-22-7-2)20-13-15-8-9-16(21(4)5)12-14(15)3;/h8-9,12H,6-7,10-11,13H2,1-5H3,(H2,18,19,20);1H. The van der Waals surface area contributed by atoms with Crippen molar-refractivity contribution in [3.63, 3.8) is 0 Å². The van der Waals surface area contributed by atoms with E-state index in [1.54, 1.807) is 0 Å². The number of hydrogen-bond donors (Lipinski definition) is 2. The zero-order valence-corrected chi connectivity index (χ0v) is 17.3. The molecule has 0 unspecified atom stereocenters. The SMILES string of the molecule is CCNC(=NCc1ccc(N(C)C)cc1C)NCCOCC.I. The van der Waals surface area contributed by atoms with Crippen LogP contribution < -0.4 is 15.5 Å². The number of aliphatic imine (C=N–C) groups is 1. The maximum atomic E-state index is 5.33. The fourth-order valence-electron chi connectivity index (χ4n) is 2.03. The maximum Gasteiger partial charge on any atom is 0.191 e. The summed E-state index contributed by atoms with van der Waals surface area (Å²) in [4.78, 5) is 6.75. The van der Waals surface area contributed by atoms with Gasteiger partial charge in [-0.05, 0) is 44.0 Å². The third-order valence-corrected chi connectivity index (χ3v) is 3.34. The van der Waals surface area contributed by atoms with E-state index in [0.29, 0.717) is 13.2 Å². The molecule has 0 aliphatic heterocycles. The van der Waals surface area contributed by atoms with E-state index in [1.165, 1.54) is 16.8 Å². The van der Waals surface area contributed by atoms with Gasteiger partial charge in [-0.2, -0.15) is 0 Å². The van der Waals surface area contributed by atoms with E-state index in [1.807, 2.05) is 6.92 Å². The average Bonchev–Trinajstić information content (AvgIpc) is 2.49. The van der Waals surface area contributed by atoms with Crippen molar-refractivity contribution in [3.05, 3.63) is 29.3 Å².